The van der Waals surface area contributed by atoms with Gasteiger partial charge in [0, 0.05) is 51.2 Å². The average Bonchev–Trinajstić information content (AvgIpc) is 1.61. The molecular weight excluding hydrogens is 1420 g/mol. The molecule has 1 fully saturated rings. The lowest BCUT2D eigenvalue weighted by molar-refractivity contribution is 0.00578. The normalized spacial score (nSPS) is 12.2. The molecule has 0 bridgehead atoms. The third-order valence-corrected chi connectivity index (χ3v) is 18.0. The van der Waals surface area contributed by atoms with E-state index in [1.54, 1.807) is 79.1 Å². The molecule has 0 unspecified atom stereocenters. The molecule has 0 atom stereocenters. The Hall–Kier alpha value is -10.2. The van der Waals surface area contributed by atoms with Crippen molar-refractivity contribution in [3.8, 4) is 79.2 Å². The molecule has 22 nitrogen and oxygen atoms in total. The Bertz CT molecular complexity index is 4520. The van der Waals surface area contributed by atoms with E-state index in [1.165, 1.54) is 19.2 Å². The van der Waals surface area contributed by atoms with Crippen LogP contribution in [-0.2, 0) is 15.7 Å². The molecule has 504 valence electrons. The first-order chi connectivity index (χ1) is 47.0. The van der Waals surface area contributed by atoms with Gasteiger partial charge in [0.1, 0.15) is 34.2 Å². The van der Waals surface area contributed by atoms with Crippen LogP contribution in [0.1, 0.15) is 74.3 Å². The first-order valence-electron chi connectivity index (χ1n) is 29.7. The molecule has 5 aromatic heterocycles. The molecule has 5 N–H and O–H groups in total. The number of nitrogens with two attached hydrogens (primary N) is 2. The van der Waals surface area contributed by atoms with Gasteiger partial charge >= 0.3 is 13.1 Å². The van der Waals surface area contributed by atoms with Gasteiger partial charge in [0.15, 0.2) is 47.1 Å². The number of halogens is 2. The zero-order valence-corrected chi connectivity index (χ0v) is 59.7. The van der Waals surface area contributed by atoms with Crippen molar-refractivity contribution >= 4 is 96.9 Å². The standard InChI is InChI=1S/C21H17N3O3S.C16H14N2O2.C12H18BNO2.C10H8BrNO2.C8H7BrO2.C4H4N2O2S/c1-13-21(28-24-23-13)18(25)9-14-3-5-15(6-4-14)17-10-16(7-8-19(17)26-2)20-11-22-12-27-20;1-19-15-7-4-12(16-9-18-10-20-16)8-14(15)11-2-5-13(17)6-3-11;1-11(2)12(3,4)16-13(15-11)9-5-7-10(14)8-6-9;1-13-9-3-2-7(4-8(9)11)10-5-12-6-14-10;1-11-8-3-2-6(5-10)4-7(8)9;1-2-3(4(7)8)9-6-5-2/h3-8,10-12H,9H2,1-2H3;2-10H,17H2,1H3;5-8H,14H2,1-4H3;2-6H,1H3;2-5H,1H3;1H3,(H,7,8). The van der Waals surface area contributed by atoms with Crippen LogP contribution in [0, 0.1) is 13.8 Å². The van der Waals surface area contributed by atoms with Crippen molar-refractivity contribution < 1.29 is 61.0 Å². The Kier molecular flexibility index (Phi) is 26.1. The van der Waals surface area contributed by atoms with Gasteiger partial charge in [-0.25, -0.2) is 19.7 Å². The highest BCUT2D eigenvalue weighted by Gasteiger charge is 2.51. The lowest BCUT2D eigenvalue weighted by Crippen LogP contribution is -2.41. The summed E-state index contributed by atoms with van der Waals surface area (Å²) in [6, 6.07) is 45.8. The number of aromatic nitrogens is 7. The number of benzene rings is 7. The first-order valence-corrected chi connectivity index (χ1v) is 32.8. The molecule has 27 heteroatoms. The predicted molar refractivity (Wildman–Crippen MR) is 385 cm³/mol. The van der Waals surface area contributed by atoms with Crippen LogP contribution in [0.25, 0.3) is 56.2 Å². The number of aryl methyl sites for hydroxylation is 2. The van der Waals surface area contributed by atoms with Crippen LogP contribution in [0.4, 0.5) is 11.4 Å². The number of ketones is 1. The molecular formula is C71H68BBr2N9O13S2. The number of nitrogen functional groups attached to an aromatic ring is 2. The van der Waals surface area contributed by atoms with Crippen LogP contribution < -0.4 is 35.9 Å². The highest BCUT2D eigenvalue weighted by atomic mass is 79.9. The molecule has 6 heterocycles. The van der Waals surface area contributed by atoms with E-state index in [2.05, 4.69) is 66.0 Å². The molecule has 12 aromatic rings. The van der Waals surface area contributed by atoms with Crippen molar-refractivity contribution in [2.24, 2.45) is 0 Å². The largest absolute Gasteiger partial charge is 0.496 e. The molecule has 98 heavy (non-hydrogen) atoms. The summed E-state index contributed by atoms with van der Waals surface area (Å²) in [5.74, 6) is 4.34. The molecule has 0 aliphatic carbocycles. The number of ether oxygens (including phenoxy) is 4. The van der Waals surface area contributed by atoms with E-state index in [9.17, 15) is 14.4 Å². The number of Topliss-reactive ketones (excluding diaryl/α,β-unsaturated/α-hetero) is 1. The fourth-order valence-corrected chi connectivity index (χ4v) is 11.3. The second-order valence-corrected chi connectivity index (χ2v) is 25.4. The van der Waals surface area contributed by atoms with Crippen LogP contribution in [0.5, 0.6) is 23.0 Å². The minimum Gasteiger partial charge on any atom is -0.496 e. The van der Waals surface area contributed by atoms with Gasteiger partial charge in [-0.1, -0.05) is 57.5 Å². The maximum Gasteiger partial charge on any atom is 0.494 e. The molecule has 0 saturated carbocycles. The summed E-state index contributed by atoms with van der Waals surface area (Å²) in [5, 5.41) is 15.8. The minimum absolute atomic E-state index is 0.0325. The maximum atomic E-state index is 12.4. The maximum absolute atomic E-state index is 12.4. The van der Waals surface area contributed by atoms with Gasteiger partial charge in [-0.3, -0.25) is 9.59 Å². The van der Waals surface area contributed by atoms with E-state index in [1.807, 2.05) is 155 Å². The quantitative estimate of drug-likeness (QED) is 0.0372. The summed E-state index contributed by atoms with van der Waals surface area (Å²) in [5.41, 5.74) is 22.8. The molecule has 0 spiro atoms. The van der Waals surface area contributed by atoms with Crippen LogP contribution in [0.3, 0.4) is 0 Å². The van der Waals surface area contributed by atoms with Gasteiger partial charge in [-0.05, 0) is 216 Å². The van der Waals surface area contributed by atoms with E-state index in [4.69, 9.17) is 58.1 Å². The lowest BCUT2D eigenvalue weighted by atomic mass is 9.79. The minimum atomic E-state index is -0.956. The summed E-state index contributed by atoms with van der Waals surface area (Å²) < 4.78 is 57.8. The van der Waals surface area contributed by atoms with Crippen molar-refractivity contribution in [3.63, 3.8) is 0 Å². The van der Waals surface area contributed by atoms with Gasteiger partial charge in [-0.15, -0.1) is 10.2 Å². The number of aromatic carboxylic acids is 1. The smallest absolute Gasteiger partial charge is 0.494 e. The number of nitrogens with zero attached hydrogens (tertiary/aromatic N) is 7. The molecule has 0 amide bonds. The SMILES string of the molecule is CC1(C)OB(c2ccc(N)cc2)OC1(C)C.COc1ccc(-c2cnco2)cc1-c1ccc(CC(=O)c2snnc2C)cc1.COc1ccc(-c2cnco2)cc1-c1ccc(N)cc1.COc1ccc(-c2cnco2)cc1Br.COc1ccc(C=O)cc1Br.Cc1nnsc1C(=O)O. The number of oxazole rings is 3. The van der Waals surface area contributed by atoms with E-state index in [0.717, 1.165) is 134 Å². The number of carbonyl (C=O) groups excluding carboxylic acids is 2. The number of carboxylic acid groups (broad SMARTS) is 1. The Morgan fingerprint density at radius 3 is 1.29 bits per heavy atom. The van der Waals surface area contributed by atoms with E-state index in [0.29, 0.717) is 34.0 Å². The monoisotopic (exact) mass is 1490 g/mol. The summed E-state index contributed by atoms with van der Waals surface area (Å²) in [7, 11) is 6.22. The van der Waals surface area contributed by atoms with Gasteiger partial charge < -0.3 is 58.1 Å². The average molecular weight is 1490 g/mol. The van der Waals surface area contributed by atoms with Crippen molar-refractivity contribution in [2.45, 2.75) is 59.2 Å². The third kappa shape index (κ3) is 19.5. The van der Waals surface area contributed by atoms with Gasteiger partial charge in [0.2, 0.25) is 0 Å². The van der Waals surface area contributed by atoms with E-state index in [-0.39, 0.29) is 29.0 Å². The van der Waals surface area contributed by atoms with Crippen molar-refractivity contribution in [3.05, 3.63) is 225 Å². The number of hydrogen-bond donors (Lipinski definition) is 3. The van der Waals surface area contributed by atoms with Crippen molar-refractivity contribution in [1.29, 1.82) is 0 Å². The number of aldehydes is 1. The van der Waals surface area contributed by atoms with Gasteiger partial charge in [0.25, 0.3) is 0 Å². The summed E-state index contributed by atoms with van der Waals surface area (Å²) >= 11 is 8.71. The zero-order valence-electron chi connectivity index (χ0n) is 54.9. The van der Waals surface area contributed by atoms with E-state index >= 15 is 0 Å². The Morgan fingerprint density at radius 1 is 0.531 bits per heavy atom. The van der Waals surface area contributed by atoms with Crippen LogP contribution in [-0.4, -0.2) is 104 Å². The number of methoxy groups -OCH3 is 4. The topological polar surface area (TPSA) is 309 Å². The molecule has 1 aliphatic heterocycles. The Labute approximate surface area is 591 Å². The molecule has 0 radical (unpaired) electrons. The zero-order chi connectivity index (χ0) is 70.5. The van der Waals surface area contributed by atoms with Crippen LogP contribution in [0.15, 0.2) is 206 Å². The van der Waals surface area contributed by atoms with Gasteiger partial charge in [0.05, 0.1) is 78.6 Å². The molecule has 1 saturated heterocycles. The number of anilines is 2. The highest BCUT2D eigenvalue weighted by Crippen LogP contribution is 2.39. The summed E-state index contributed by atoms with van der Waals surface area (Å²) in [6.07, 6.45) is 10.4. The second kappa shape index (κ2) is 34.7. The van der Waals surface area contributed by atoms with Crippen LogP contribution in [0.2, 0.25) is 0 Å². The molecule has 7 aromatic carbocycles. The molecule has 1 aliphatic rings. The second-order valence-electron chi connectivity index (χ2n) is 22.1. The fourth-order valence-electron chi connectivity index (χ4n) is 9.10. The predicted octanol–water partition coefficient (Wildman–Crippen LogP) is 15.7. The first kappa shape index (κ1) is 73.7. The molecule has 13 rings (SSSR count). The summed E-state index contributed by atoms with van der Waals surface area (Å²) in [6.45, 7) is 11.6. The summed E-state index contributed by atoms with van der Waals surface area (Å²) in [4.78, 5) is 45.5. The Balaban J connectivity index is 0.000000156. The van der Waals surface area contributed by atoms with E-state index < -0.39 is 5.97 Å². The fraction of sp³-hybridized carbons (Fsp3) is 0.183. The lowest BCUT2D eigenvalue weighted by Gasteiger charge is -2.32. The van der Waals surface area contributed by atoms with Crippen molar-refractivity contribution in [1.82, 2.24) is 34.1 Å². The number of hydrogen-bond acceptors (Lipinski definition) is 23. The number of carbonyl (C=O) groups is 3. The van der Waals surface area contributed by atoms with Crippen molar-refractivity contribution in [2.75, 3.05) is 39.9 Å². The third-order valence-electron chi connectivity index (χ3n) is 15.1. The van der Waals surface area contributed by atoms with Gasteiger partial charge in [-0.2, -0.15) is 0 Å². The van der Waals surface area contributed by atoms with Crippen LogP contribution >= 0.6 is 54.9 Å². The Morgan fingerprint density at radius 2 is 0.918 bits per heavy atom. The number of rotatable bonds is 15. The highest BCUT2D eigenvalue weighted by molar-refractivity contribution is 9.11. The number of carboxylic acids is 1.